The second-order valence-corrected chi connectivity index (χ2v) is 7.70. The molecule has 116 valence electrons. The molecule has 20 heavy (non-hydrogen) atoms. The Morgan fingerprint density at radius 1 is 1.30 bits per heavy atom. The van der Waals surface area contributed by atoms with E-state index in [2.05, 4.69) is 4.72 Å². The van der Waals surface area contributed by atoms with Crippen molar-refractivity contribution in [2.75, 3.05) is 26.0 Å². The SMILES string of the molecule is C[C@@H]1CN(C(=O)C2(NS(C)(=O)=O)CCCCC2)CCO1. The van der Waals surface area contributed by atoms with Gasteiger partial charge in [-0.25, -0.2) is 8.42 Å². The van der Waals surface area contributed by atoms with Crippen LogP contribution in [0.3, 0.4) is 0 Å². The molecule has 0 unspecified atom stereocenters. The minimum atomic E-state index is -3.41. The number of sulfonamides is 1. The third-order valence-corrected chi connectivity index (χ3v) is 4.79. The summed E-state index contributed by atoms with van der Waals surface area (Å²) in [5, 5.41) is 0. The molecule has 6 nitrogen and oxygen atoms in total. The highest BCUT2D eigenvalue weighted by Gasteiger charge is 2.44. The van der Waals surface area contributed by atoms with Crippen molar-refractivity contribution in [1.29, 1.82) is 0 Å². The molecule has 1 aliphatic carbocycles. The Morgan fingerprint density at radius 2 is 1.95 bits per heavy atom. The van der Waals surface area contributed by atoms with E-state index in [0.29, 0.717) is 32.5 Å². The zero-order chi connectivity index (χ0) is 14.8. The highest BCUT2D eigenvalue weighted by Crippen LogP contribution is 2.31. The van der Waals surface area contributed by atoms with Crippen LogP contribution in [0, 0.1) is 0 Å². The van der Waals surface area contributed by atoms with Crippen LogP contribution in [0.15, 0.2) is 0 Å². The fourth-order valence-electron chi connectivity index (χ4n) is 3.18. The molecule has 2 rings (SSSR count). The number of rotatable bonds is 3. The summed E-state index contributed by atoms with van der Waals surface area (Å²) in [5.74, 6) is -0.0854. The molecule has 0 bridgehead atoms. The molecule has 2 fully saturated rings. The number of nitrogens with zero attached hydrogens (tertiary/aromatic N) is 1. The minimum absolute atomic E-state index is 0.00609. The number of carbonyl (C=O) groups is 1. The molecule has 0 aromatic rings. The molecule has 2 aliphatic rings. The molecule has 0 aromatic heterocycles. The van der Waals surface area contributed by atoms with Crippen LogP contribution in [0.1, 0.15) is 39.0 Å². The summed E-state index contributed by atoms with van der Waals surface area (Å²) in [6.45, 7) is 3.52. The first kappa shape index (κ1) is 15.7. The molecule has 1 aliphatic heterocycles. The molecule has 1 atom stereocenters. The Hall–Kier alpha value is -0.660. The smallest absolute Gasteiger partial charge is 0.244 e. The van der Waals surface area contributed by atoms with E-state index < -0.39 is 15.6 Å². The van der Waals surface area contributed by atoms with Crippen LogP contribution in [-0.2, 0) is 19.6 Å². The van der Waals surface area contributed by atoms with Gasteiger partial charge in [0.25, 0.3) is 0 Å². The Balaban J connectivity index is 2.19. The Kier molecular flexibility index (Phi) is 4.71. The van der Waals surface area contributed by atoms with Crippen LogP contribution >= 0.6 is 0 Å². The Bertz CT molecular complexity index is 457. The number of hydrogen-bond donors (Lipinski definition) is 1. The van der Waals surface area contributed by atoms with Crippen molar-refractivity contribution in [3.8, 4) is 0 Å². The van der Waals surface area contributed by atoms with Gasteiger partial charge in [0.2, 0.25) is 15.9 Å². The van der Waals surface area contributed by atoms with Gasteiger partial charge in [-0.2, -0.15) is 4.72 Å². The molecule has 0 spiro atoms. The highest BCUT2D eigenvalue weighted by molar-refractivity contribution is 7.88. The summed E-state index contributed by atoms with van der Waals surface area (Å²) < 4.78 is 31.4. The summed E-state index contributed by atoms with van der Waals surface area (Å²) >= 11 is 0. The maximum absolute atomic E-state index is 12.8. The Labute approximate surface area is 120 Å². The van der Waals surface area contributed by atoms with Gasteiger partial charge in [0.1, 0.15) is 5.54 Å². The van der Waals surface area contributed by atoms with Gasteiger partial charge in [-0.1, -0.05) is 19.3 Å². The lowest BCUT2D eigenvalue weighted by atomic mass is 9.81. The molecule has 1 saturated carbocycles. The lowest BCUT2D eigenvalue weighted by molar-refractivity contribution is -0.146. The van der Waals surface area contributed by atoms with Gasteiger partial charge in [-0.15, -0.1) is 0 Å². The largest absolute Gasteiger partial charge is 0.375 e. The molecular weight excluding hydrogens is 280 g/mol. The van der Waals surface area contributed by atoms with E-state index in [1.165, 1.54) is 0 Å². The number of carbonyl (C=O) groups excluding carboxylic acids is 1. The molecule has 0 aromatic carbocycles. The summed E-state index contributed by atoms with van der Waals surface area (Å²) in [6.07, 6.45) is 5.13. The lowest BCUT2D eigenvalue weighted by Crippen LogP contribution is -2.62. The molecule has 7 heteroatoms. The van der Waals surface area contributed by atoms with E-state index in [9.17, 15) is 13.2 Å². The van der Waals surface area contributed by atoms with E-state index in [4.69, 9.17) is 4.74 Å². The van der Waals surface area contributed by atoms with Gasteiger partial charge < -0.3 is 9.64 Å². The molecule has 1 amide bonds. The average Bonchev–Trinajstić information content (AvgIpc) is 2.37. The van der Waals surface area contributed by atoms with Crippen LogP contribution in [0.25, 0.3) is 0 Å². The number of amides is 1. The van der Waals surface area contributed by atoms with Crippen molar-refractivity contribution in [2.45, 2.75) is 50.7 Å². The van der Waals surface area contributed by atoms with Crippen molar-refractivity contribution < 1.29 is 17.9 Å². The fraction of sp³-hybridized carbons (Fsp3) is 0.923. The number of hydrogen-bond acceptors (Lipinski definition) is 4. The van der Waals surface area contributed by atoms with E-state index in [1.807, 2.05) is 6.92 Å². The first-order valence-corrected chi connectivity index (χ1v) is 9.11. The maximum atomic E-state index is 12.8. The quantitative estimate of drug-likeness (QED) is 0.823. The minimum Gasteiger partial charge on any atom is -0.375 e. The van der Waals surface area contributed by atoms with Gasteiger partial charge in [-0.3, -0.25) is 4.79 Å². The van der Waals surface area contributed by atoms with Crippen LogP contribution < -0.4 is 4.72 Å². The van der Waals surface area contributed by atoms with Crippen LogP contribution in [0.2, 0.25) is 0 Å². The zero-order valence-electron chi connectivity index (χ0n) is 12.2. The van der Waals surface area contributed by atoms with Crippen molar-refractivity contribution in [3.05, 3.63) is 0 Å². The topological polar surface area (TPSA) is 75.7 Å². The second kappa shape index (κ2) is 5.99. The third-order valence-electron chi connectivity index (χ3n) is 4.03. The first-order valence-electron chi connectivity index (χ1n) is 7.22. The second-order valence-electron chi connectivity index (χ2n) is 5.95. The average molecular weight is 304 g/mol. The van der Waals surface area contributed by atoms with E-state index in [0.717, 1.165) is 25.5 Å². The van der Waals surface area contributed by atoms with Crippen molar-refractivity contribution >= 4 is 15.9 Å². The summed E-state index contributed by atoms with van der Waals surface area (Å²) in [7, 11) is -3.41. The molecule has 1 saturated heterocycles. The normalized spacial score (nSPS) is 27.3. The monoisotopic (exact) mass is 304 g/mol. The van der Waals surface area contributed by atoms with Crippen molar-refractivity contribution in [2.24, 2.45) is 0 Å². The lowest BCUT2D eigenvalue weighted by Gasteiger charge is -2.42. The van der Waals surface area contributed by atoms with Crippen LogP contribution in [-0.4, -0.2) is 56.8 Å². The summed E-state index contributed by atoms with van der Waals surface area (Å²) in [5.41, 5.74) is -0.942. The number of morpholine rings is 1. The van der Waals surface area contributed by atoms with Gasteiger partial charge in [-0.05, 0) is 19.8 Å². The van der Waals surface area contributed by atoms with Gasteiger partial charge >= 0.3 is 0 Å². The highest BCUT2D eigenvalue weighted by atomic mass is 32.2. The van der Waals surface area contributed by atoms with E-state index in [1.54, 1.807) is 4.90 Å². The summed E-state index contributed by atoms with van der Waals surface area (Å²) in [6, 6.07) is 0. The van der Waals surface area contributed by atoms with Crippen molar-refractivity contribution in [1.82, 2.24) is 9.62 Å². The number of nitrogens with one attached hydrogen (secondary N) is 1. The number of ether oxygens (including phenoxy) is 1. The van der Waals surface area contributed by atoms with Gasteiger partial charge in [0.05, 0.1) is 19.0 Å². The van der Waals surface area contributed by atoms with E-state index >= 15 is 0 Å². The van der Waals surface area contributed by atoms with E-state index in [-0.39, 0.29) is 12.0 Å². The third kappa shape index (κ3) is 3.71. The molecule has 1 N–H and O–H groups in total. The first-order chi connectivity index (χ1) is 9.32. The predicted molar refractivity (Wildman–Crippen MR) is 75.8 cm³/mol. The zero-order valence-corrected chi connectivity index (χ0v) is 13.0. The molecule has 1 heterocycles. The standard InChI is InChI=1S/C13H24N2O4S/c1-11-10-15(8-9-19-11)12(16)13(14-20(2,17)18)6-4-3-5-7-13/h11,14H,3-10H2,1-2H3/t11-/m1/s1. The van der Waals surface area contributed by atoms with Crippen LogP contribution in [0.5, 0.6) is 0 Å². The predicted octanol–water partition coefficient (Wildman–Crippen LogP) is 0.486. The molecular formula is C13H24N2O4S. The Morgan fingerprint density at radius 3 is 2.50 bits per heavy atom. The van der Waals surface area contributed by atoms with Gasteiger partial charge in [0.15, 0.2) is 0 Å². The molecule has 0 radical (unpaired) electrons. The fourth-order valence-corrected chi connectivity index (χ4v) is 4.18. The van der Waals surface area contributed by atoms with Crippen molar-refractivity contribution in [3.63, 3.8) is 0 Å². The van der Waals surface area contributed by atoms with Gasteiger partial charge in [0, 0.05) is 13.1 Å². The summed E-state index contributed by atoms with van der Waals surface area (Å²) in [4.78, 5) is 14.6. The van der Waals surface area contributed by atoms with Crippen LogP contribution in [0.4, 0.5) is 0 Å². The maximum Gasteiger partial charge on any atom is 0.244 e.